The third kappa shape index (κ3) is 3.60. The molecule has 2 aromatic carbocycles. The second-order valence-electron chi connectivity index (χ2n) is 5.20. The van der Waals surface area contributed by atoms with Gasteiger partial charge in [-0.25, -0.2) is 14.1 Å². The van der Waals surface area contributed by atoms with Crippen LogP contribution < -0.4 is 5.32 Å². The number of benzene rings is 2. The van der Waals surface area contributed by atoms with Gasteiger partial charge in [-0.1, -0.05) is 18.2 Å². The van der Waals surface area contributed by atoms with Gasteiger partial charge in [-0.3, -0.25) is 4.79 Å². The zero-order valence-electron chi connectivity index (χ0n) is 12.5. The number of nitrogens with zero attached hydrogens (tertiary/aromatic N) is 3. The fourth-order valence-electron chi connectivity index (χ4n) is 2.23. The van der Waals surface area contributed by atoms with Crippen molar-refractivity contribution in [2.75, 3.05) is 5.32 Å². The second kappa shape index (κ2) is 6.39. The van der Waals surface area contributed by atoms with Crippen LogP contribution in [-0.4, -0.2) is 20.7 Å². The zero-order valence-corrected chi connectivity index (χ0v) is 12.5. The maximum Gasteiger partial charge on any atom is 0.256 e. The van der Waals surface area contributed by atoms with Gasteiger partial charge in [0, 0.05) is 11.3 Å². The van der Waals surface area contributed by atoms with Crippen molar-refractivity contribution in [1.82, 2.24) is 14.8 Å². The van der Waals surface area contributed by atoms with E-state index in [1.807, 2.05) is 12.1 Å². The van der Waals surface area contributed by atoms with Crippen LogP contribution in [0.1, 0.15) is 21.5 Å². The van der Waals surface area contributed by atoms with Crippen LogP contribution in [0.25, 0.3) is 0 Å². The molecule has 0 aliphatic heterocycles. The average molecular weight is 310 g/mol. The third-order valence-corrected chi connectivity index (χ3v) is 3.47. The molecule has 23 heavy (non-hydrogen) atoms. The van der Waals surface area contributed by atoms with Crippen LogP contribution in [0.15, 0.2) is 55.1 Å². The number of anilines is 1. The Hall–Kier alpha value is -3.02. The molecule has 0 saturated carbocycles. The van der Waals surface area contributed by atoms with Gasteiger partial charge in [-0.05, 0) is 42.3 Å². The topological polar surface area (TPSA) is 59.8 Å². The molecule has 0 aliphatic rings. The van der Waals surface area contributed by atoms with Crippen LogP contribution in [0.5, 0.6) is 0 Å². The minimum Gasteiger partial charge on any atom is -0.322 e. The lowest BCUT2D eigenvalue weighted by atomic mass is 10.1. The number of halogens is 1. The highest BCUT2D eigenvalue weighted by Gasteiger charge is 2.10. The molecule has 0 atom stereocenters. The Labute approximate surface area is 132 Å². The first-order valence-electron chi connectivity index (χ1n) is 7.11. The maximum atomic E-state index is 13.3. The highest BCUT2D eigenvalue weighted by Crippen LogP contribution is 2.15. The molecule has 0 aliphatic carbocycles. The van der Waals surface area contributed by atoms with E-state index in [0.717, 1.165) is 11.1 Å². The molecule has 1 heterocycles. The maximum absolute atomic E-state index is 13.3. The van der Waals surface area contributed by atoms with Crippen molar-refractivity contribution in [1.29, 1.82) is 0 Å². The Kier molecular flexibility index (Phi) is 4.14. The Morgan fingerprint density at radius 2 is 2.00 bits per heavy atom. The van der Waals surface area contributed by atoms with Gasteiger partial charge >= 0.3 is 0 Å². The fourth-order valence-corrected chi connectivity index (χ4v) is 2.23. The minimum absolute atomic E-state index is 0.328. The van der Waals surface area contributed by atoms with Gasteiger partial charge in [0.15, 0.2) is 0 Å². The minimum atomic E-state index is -0.427. The molecule has 0 fully saturated rings. The molecule has 3 rings (SSSR count). The molecule has 5 nitrogen and oxygen atoms in total. The van der Waals surface area contributed by atoms with Crippen LogP contribution in [0.2, 0.25) is 0 Å². The van der Waals surface area contributed by atoms with Crippen LogP contribution in [-0.2, 0) is 6.54 Å². The number of hydrogen-bond donors (Lipinski definition) is 1. The second-order valence-corrected chi connectivity index (χ2v) is 5.20. The van der Waals surface area contributed by atoms with Crippen molar-refractivity contribution in [3.05, 3.63) is 77.6 Å². The number of hydrogen-bond acceptors (Lipinski definition) is 3. The van der Waals surface area contributed by atoms with E-state index in [9.17, 15) is 9.18 Å². The van der Waals surface area contributed by atoms with Gasteiger partial charge in [-0.2, -0.15) is 5.10 Å². The summed E-state index contributed by atoms with van der Waals surface area (Å²) in [5, 5.41) is 6.81. The molecule has 116 valence electrons. The lowest BCUT2D eigenvalue weighted by Gasteiger charge is -2.09. The SMILES string of the molecule is Cc1ccc(F)cc1C(=O)Nc1ccc(Cn2cncn2)cc1. The van der Waals surface area contributed by atoms with Crippen LogP contribution >= 0.6 is 0 Å². The Morgan fingerprint density at radius 3 is 2.70 bits per heavy atom. The largest absolute Gasteiger partial charge is 0.322 e. The van der Waals surface area contributed by atoms with E-state index in [2.05, 4.69) is 15.4 Å². The molecule has 0 spiro atoms. The fraction of sp³-hybridized carbons (Fsp3) is 0.118. The number of nitrogens with one attached hydrogen (secondary N) is 1. The molecule has 3 aromatic rings. The first kappa shape index (κ1) is 14.9. The van der Waals surface area contributed by atoms with Crippen molar-refractivity contribution in [2.45, 2.75) is 13.5 Å². The number of aromatic nitrogens is 3. The molecular weight excluding hydrogens is 295 g/mol. The highest BCUT2D eigenvalue weighted by atomic mass is 19.1. The first-order chi connectivity index (χ1) is 11.1. The van der Waals surface area contributed by atoms with Gasteiger partial charge in [0.25, 0.3) is 5.91 Å². The third-order valence-electron chi connectivity index (χ3n) is 3.47. The van der Waals surface area contributed by atoms with E-state index in [1.54, 1.807) is 36.1 Å². The molecule has 1 aromatic heterocycles. The van der Waals surface area contributed by atoms with E-state index in [-0.39, 0.29) is 5.91 Å². The van der Waals surface area contributed by atoms with Crippen molar-refractivity contribution >= 4 is 11.6 Å². The molecule has 0 radical (unpaired) electrons. The quantitative estimate of drug-likeness (QED) is 0.806. The summed E-state index contributed by atoms with van der Waals surface area (Å²) in [5.74, 6) is -0.755. The first-order valence-corrected chi connectivity index (χ1v) is 7.11. The van der Waals surface area contributed by atoms with Crippen LogP contribution in [0, 0.1) is 12.7 Å². The smallest absolute Gasteiger partial charge is 0.256 e. The van der Waals surface area contributed by atoms with Crippen molar-refractivity contribution < 1.29 is 9.18 Å². The average Bonchev–Trinajstić information content (AvgIpc) is 3.04. The Balaban J connectivity index is 1.70. The summed E-state index contributed by atoms with van der Waals surface area (Å²) >= 11 is 0. The predicted octanol–water partition coefficient (Wildman–Crippen LogP) is 3.03. The molecule has 0 unspecified atom stereocenters. The monoisotopic (exact) mass is 310 g/mol. The van der Waals surface area contributed by atoms with Crippen molar-refractivity contribution in [3.8, 4) is 0 Å². The van der Waals surface area contributed by atoms with Gasteiger partial charge in [0.2, 0.25) is 0 Å². The summed E-state index contributed by atoms with van der Waals surface area (Å²) in [6.45, 7) is 2.38. The van der Waals surface area contributed by atoms with Crippen LogP contribution in [0.4, 0.5) is 10.1 Å². The number of amides is 1. The van der Waals surface area contributed by atoms with Crippen molar-refractivity contribution in [2.24, 2.45) is 0 Å². The van der Waals surface area contributed by atoms with E-state index < -0.39 is 5.82 Å². The van der Waals surface area contributed by atoms with E-state index in [0.29, 0.717) is 17.8 Å². The molecule has 6 heteroatoms. The molecular formula is C17H15FN4O. The predicted molar refractivity (Wildman–Crippen MR) is 84.7 cm³/mol. The number of aryl methyl sites for hydroxylation is 1. The van der Waals surface area contributed by atoms with E-state index in [4.69, 9.17) is 0 Å². The molecule has 1 N–H and O–H groups in total. The Morgan fingerprint density at radius 1 is 1.22 bits per heavy atom. The summed E-state index contributed by atoms with van der Waals surface area (Å²) in [6, 6.07) is 11.6. The van der Waals surface area contributed by atoms with Gasteiger partial charge in [-0.15, -0.1) is 0 Å². The van der Waals surface area contributed by atoms with Gasteiger partial charge < -0.3 is 5.32 Å². The molecule has 1 amide bonds. The standard InChI is InChI=1S/C17H15FN4O/c1-12-2-5-14(18)8-16(12)17(23)21-15-6-3-13(4-7-15)9-22-11-19-10-20-22/h2-8,10-11H,9H2,1H3,(H,21,23). The van der Waals surface area contributed by atoms with E-state index in [1.165, 1.54) is 18.5 Å². The van der Waals surface area contributed by atoms with Crippen LogP contribution in [0.3, 0.4) is 0 Å². The Bertz CT molecular complexity index is 813. The molecule has 0 bridgehead atoms. The summed E-state index contributed by atoms with van der Waals surface area (Å²) in [6.07, 6.45) is 3.12. The summed E-state index contributed by atoms with van der Waals surface area (Å²) < 4.78 is 15.0. The van der Waals surface area contributed by atoms with Crippen molar-refractivity contribution in [3.63, 3.8) is 0 Å². The summed E-state index contributed by atoms with van der Waals surface area (Å²) in [7, 11) is 0. The van der Waals surface area contributed by atoms with E-state index >= 15 is 0 Å². The number of rotatable bonds is 4. The normalized spacial score (nSPS) is 10.5. The lowest BCUT2D eigenvalue weighted by molar-refractivity contribution is 0.102. The van der Waals surface area contributed by atoms with Gasteiger partial charge in [0.1, 0.15) is 18.5 Å². The summed E-state index contributed by atoms with van der Waals surface area (Å²) in [4.78, 5) is 16.1. The summed E-state index contributed by atoms with van der Waals surface area (Å²) in [5.41, 5.74) is 2.75. The zero-order chi connectivity index (χ0) is 16.2. The molecule has 0 saturated heterocycles. The van der Waals surface area contributed by atoms with Gasteiger partial charge in [0.05, 0.1) is 6.54 Å². The lowest BCUT2D eigenvalue weighted by Crippen LogP contribution is -2.13. The highest BCUT2D eigenvalue weighted by molar-refractivity contribution is 6.05. The number of carbonyl (C=O) groups excluding carboxylic acids is 1. The number of carbonyl (C=O) groups is 1.